The number of carbonyl (C=O) groups is 4. The summed E-state index contributed by atoms with van der Waals surface area (Å²) in [6.45, 7) is 1.91. The molecule has 3 fully saturated rings. The van der Waals surface area contributed by atoms with Crippen molar-refractivity contribution in [3.63, 3.8) is 0 Å². The number of anilines is 3. The second-order valence-corrected chi connectivity index (χ2v) is 15.7. The molecule has 60 heavy (non-hydrogen) atoms. The molecule has 8 rings (SSSR count). The maximum atomic E-state index is 15.3. The Bertz CT molecular complexity index is 2520. The van der Waals surface area contributed by atoms with Crippen LogP contribution in [0.1, 0.15) is 29.5 Å². The van der Waals surface area contributed by atoms with E-state index in [1.54, 1.807) is 60.7 Å². The molecular weight excluding hydrogens is 773 g/mol. The number of hydrazine groups is 1. The Kier molecular flexibility index (Phi) is 9.72. The second-order valence-electron chi connectivity index (χ2n) is 15.7. The average molecular weight is 813 g/mol. The van der Waals surface area contributed by atoms with Gasteiger partial charge in [0, 0.05) is 32.1 Å². The molecular formula is C44H40N6O10. The number of imide groups is 2. The first-order valence-electron chi connectivity index (χ1n) is 19.2. The first-order chi connectivity index (χ1) is 28.7. The number of phenols is 1. The quantitative estimate of drug-likeness (QED) is 0.0781. The molecule has 16 heteroatoms. The van der Waals surface area contributed by atoms with Crippen molar-refractivity contribution in [2.75, 3.05) is 36.4 Å². The van der Waals surface area contributed by atoms with Crippen molar-refractivity contribution in [1.29, 1.82) is 0 Å². The van der Waals surface area contributed by atoms with E-state index in [2.05, 4.69) is 5.43 Å². The van der Waals surface area contributed by atoms with Crippen molar-refractivity contribution >= 4 is 58.1 Å². The molecule has 2 N–H and O–H groups in total. The van der Waals surface area contributed by atoms with Gasteiger partial charge in [-0.15, -0.1) is 0 Å². The molecule has 4 aromatic rings. The van der Waals surface area contributed by atoms with Gasteiger partial charge in [0.2, 0.25) is 11.8 Å². The predicted octanol–water partition coefficient (Wildman–Crippen LogP) is 6.33. The first kappa shape index (κ1) is 39.5. The lowest BCUT2D eigenvalue weighted by atomic mass is 9.50. The summed E-state index contributed by atoms with van der Waals surface area (Å²) >= 11 is 0. The highest BCUT2D eigenvalue weighted by atomic mass is 16.6. The molecule has 2 heterocycles. The van der Waals surface area contributed by atoms with E-state index in [1.807, 2.05) is 31.2 Å². The number of benzene rings is 4. The van der Waals surface area contributed by atoms with E-state index in [0.29, 0.717) is 22.4 Å². The van der Waals surface area contributed by atoms with Crippen LogP contribution in [0.5, 0.6) is 11.5 Å². The van der Waals surface area contributed by atoms with E-state index >= 15 is 4.79 Å². The minimum Gasteiger partial charge on any atom is -0.504 e. The van der Waals surface area contributed by atoms with Gasteiger partial charge >= 0.3 is 11.4 Å². The number of nitro benzene ring substituents is 2. The summed E-state index contributed by atoms with van der Waals surface area (Å²) in [5, 5.41) is 35.9. The van der Waals surface area contributed by atoms with Crippen molar-refractivity contribution < 1.29 is 38.9 Å². The molecule has 2 aliphatic carbocycles. The van der Waals surface area contributed by atoms with Crippen molar-refractivity contribution in [3.05, 3.63) is 140 Å². The smallest absolute Gasteiger partial charge is 0.301 e. The Morgan fingerprint density at radius 3 is 2.17 bits per heavy atom. The van der Waals surface area contributed by atoms with Crippen molar-refractivity contribution in [2.45, 2.75) is 25.2 Å². The number of aryl methyl sites for hydroxylation is 1. The van der Waals surface area contributed by atoms with E-state index in [1.165, 1.54) is 32.2 Å². The van der Waals surface area contributed by atoms with Gasteiger partial charge < -0.3 is 14.7 Å². The van der Waals surface area contributed by atoms with Gasteiger partial charge in [0.05, 0.1) is 51.5 Å². The standard InChI is InChI=1S/C44H40N6O10/c1-24-10-14-27(15-11-24)45-48-41(53)33-23-31-29(32(18-12-25-13-19-36(51)37(20-25)60-4)44(33,43(48)55)26-8-6-5-7-9-26)16-17-30-38(31)42(54)47(40(30)52)28-21-34(49(56)57)39(46(2)3)35(22-28)50(58)59/h5-16,18-22,30-33,38,45,51H,17,23H2,1-4H3. The average Bonchev–Trinajstić information content (AvgIpc) is 3.61. The predicted molar refractivity (Wildman–Crippen MR) is 220 cm³/mol. The summed E-state index contributed by atoms with van der Waals surface area (Å²) in [7, 11) is 4.25. The van der Waals surface area contributed by atoms with Gasteiger partial charge in [0.25, 0.3) is 11.8 Å². The van der Waals surface area contributed by atoms with Crippen molar-refractivity contribution in [2.24, 2.45) is 29.6 Å². The van der Waals surface area contributed by atoms with Crippen molar-refractivity contribution in [1.82, 2.24) is 5.01 Å². The molecule has 4 amide bonds. The summed E-state index contributed by atoms with van der Waals surface area (Å²) in [6.07, 6.45) is 5.47. The van der Waals surface area contributed by atoms with E-state index in [9.17, 15) is 39.7 Å². The fraction of sp³-hybridized carbons (Fsp3) is 0.273. The molecule has 0 aromatic heterocycles. The molecule has 6 unspecified atom stereocenters. The van der Waals surface area contributed by atoms with Gasteiger partial charge in [-0.1, -0.05) is 77.9 Å². The van der Waals surface area contributed by atoms with E-state index < -0.39 is 79.9 Å². The highest BCUT2D eigenvalue weighted by molar-refractivity contribution is 6.23. The van der Waals surface area contributed by atoms with Crippen LogP contribution in [0.15, 0.2) is 103 Å². The van der Waals surface area contributed by atoms with E-state index in [0.717, 1.165) is 27.6 Å². The topological polar surface area (TPSA) is 206 Å². The number of fused-ring (bicyclic) bond motifs is 4. The third-order valence-electron chi connectivity index (χ3n) is 12.3. The van der Waals surface area contributed by atoms with Crippen molar-refractivity contribution in [3.8, 4) is 11.5 Å². The molecule has 6 atom stereocenters. The molecule has 0 bridgehead atoms. The number of ether oxygens (including phenoxy) is 1. The second kappa shape index (κ2) is 14.8. The first-order valence-corrected chi connectivity index (χ1v) is 19.2. The summed E-state index contributed by atoms with van der Waals surface area (Å²) in [4.78, 5) is 84.3. The van der Waals surface area contributed by atoms with Gasteiger partial charge in [-0.2, -0.15) is 5.01 Å². The lowest BCUT2D eigenvalue weighted by molar-refractivity contribution is -0.392. The minimum absolute atomic E-state index is 0.0113. The van der Waals surface area contributed by atoms with E-state index in [-0.39, 0.29) is 35.7 Å². The number of allylic oxidation sites excluding steroid dienone is 3. The number of aromatic hydroxyl groups is 1. The number of carbonyl (C=O) groups excluding carboxylic acids is 4. The number of rotatable bonds is 10. The minimum atomic E-state index is -1.53. The summed E-state index contributed by atoms with van der Waals surface area (Å²) in [6, 6.07) is 22.9. The Hall–Kier alpha value is -7.36. The number of hydrogen-bond acceptors (Lipinski definition) is 12. The number of nitrogens with one attached hydrogen (secondary N) is 1. The lowest BCUT2D eigenvalue weighted by Crippen LogP contribution is -2.54. The SMILES string of the molecule is COc1cc(C=CC2C3=CCC4C(=O)N(c5cc([N+](=O)[O-])c(N(C)C)c([N+](=O)[O-])c5)C(=O)C4C3CC3C(=O)N(Nc4ccc(C)cc4)C(=O)C23c2ccccc2)ccc1O. The zero-order valence-corrected chi connectivity index (χ0v) is 33.0. The van der Waals surface area contributed by atoms with Gasteiger partial charge in [-0.05, 0) is 61.1 Å². The zero-order valence-electron chi connectivity index (χ0n) is 33.0. The maximum Gasteiger partial charge on any atom is 0.301 e. The molecule has 16 nitrogen and oxygen atoms in total. The normalized spacial score (nSPS) is 24.5. The van der Waals surface area contributed by atoms with Crippen LogP contribution in [0.2, 0.25) is 0 Å². The fourth-order valence-corrected chi connectivity index (χ4v) is 9.71. The number of nitrogens with zero attached hydrogens (tertiary/aromatic N) is 5. The van der Waals surface area contributed by atoms with Crippen LogP contribution < -0.4 is 20.0 Å². The van der Waals surface area contributed by atoms with Crippen LogP contribution in [0.25, 0.3) is 6.08 Å². The Morgan fingerprint density at radius 1 is 0.883 bits per heavy atom. The number of nitro groups is 2. The molecule has 4 aliphatic rings. The summed E-state index contributed by atoms with van der Waals surface area (Å²) in [5.41, 5.74) is 2.90. The Balaban J connectivity index is 1.28. The number of methoxy groups -OCH3 is 1. The zero-order chi connectivity index (χ0) is 42.8. The third kappa shape index (κ3) is 6.05. The van der Waals surface area contributed by atoms with Crippen LogP contribution in [0, 0.1) is 56.7 Å². The molecule has 2 aliphatic heterocycles. The number of amides is 4. The van der Waals surface area contributed by atoms with Crippen LogP contribution in [0.4, 0.5) is 28.4 Å². The van der Waals surface area contributed by atoms with Crippen LogP contribution in [-0.2, 0) is 24.6 Å². The van der Waals surface area contributed by atoms with Crippen LogP contribution in [-0.4, -0.2) is 64.8 Å². The van der Waals surface area contributed by atoms with Gasteiger partial charge in [0.1, 0.15) is 0 Å². The number of hydrogen-bond donors (Lipinski definition) is 2. The third-order valence-corrected chi connectivity index (χ3v) is 12.3. The lowest BCUT2D eigenvalue weighted by Gasteiger charge is -2.49. The van der Waals surface area contributed by atoms with Crippen LogP contribution in [0.3, 0.4) is 0 Å². The summed E-state index contributed by atoms with van der Waals surface area (Å²) in [5.74, 6) is -7.00. The molecule has 306 valence electrons. The van der Waals surface area contributed by atoms with Gasteiger partial charge in [0.15, 0.2) is 17.2 Å². The Morgan fingerprint density at radius 2 is 1.55 bits per heavy atom. The molecule has 4 aromatic carbocycles. The molecule has 1 saturated carbocycles. The van der Waals surface area contributed by atoms with Gasteiger partial charge in [-0.3, -0.25) is 44.8 Å². The molecule has 0 radical (unpaired) electrons. The highest BCUT2D eigenvalue weighted by Gasteiger charge is 2.69. The fourth-order valence-electron chi connectivity index (χ4n) is 9.71. The largest absolute Gasteiger partial charge is 0.504 e. The maximum absolute atomic E-state index is 15.3. The monoisotopic (exact) mass is 812 g/mol. The highest BCUT2D eigenvalue weighted by Crippen LogP contribution is 2.62. The van der Waals surface area contributed by atoms with Crippen LogP contribution >= 0.6 is 0 Å². The van der Waals surface area contributed by atoms with E-state index in [4.69, 9.17) is 4.74 Å². The van der Waals surface area contributed by atoms with Gasteiger partial charge in [-0.25, -0.2) is 4.90 Å². The Labute approximate surface area is 343 Å². The summed E-state index contributed by atoms with van der Waals surface area (Å²) < 4.78 is 5.35. The molecule has 2 saturated heterocycles. The molecule has 0 spiro atoms. The number of phenolic OH excluding ortho intramolecular Hbond substituents is 1.